The van der Waals surface area contributed by atoms with Crippen LogP contribution in [0.3, 0.4) is 0 Å². The van der Waals surface area contributed by atoms with E-state index < -0.39 is 23.2 Å². The van der Waals surface area contributed by atoms with Gasteiger partial charge in [0.25, 0.3) is 5.91 Å². The van der Waals surface area contributed by atoms with E-state index in [-0.39, 0.29) is 18.9 Å². The van der Waals surface area contributed by atoms with E-state index in [1.807, 2.05) is 0 Å². The second kappa shape index (κ2) is 7.88. The minimum Gasteiger partial charge on any atom is -0.484 e. The zero-order valence-corrected chi connectivity index (χ0v) is 13.4. The molecule has 1 saturated carbocycles. The van der Waals surface area contributed by atoms with Gasteiger partial charge in [0.05, 0.1) is 11.2 Å². The van der Waals surface area contributed by atoms with Gasteiger partial charge in [0, 0.05) is 6.54 Å². The standard InChI is InChI=1S/C17H22F3NO3/c18-17(19,20)13-5-7-14(8-6-13)24-11-15(22)21-12-16(23)9-3-1-2-4-10-16/h5-8,23H,1-4,9-12H2,(H,21,22). The molecule has 0 bridgehead atoms. The Labute approximate surface area is 139 Å². The maximum Gasteiger partial charge on any atom is 0.416 e. The molecular formula is C17H22F3NO3. The highest BCUT2D eigenvalue weighted by molar-refractivity contribution is 5.77. The summed E-state index contributed by atoms with van der Waals surface area (Å²) in [6, 6.07) is 4.16. The van der Waals surface area contributed by atoms with Gasteiger partial charge in [-0.2, -0.15) is 13.2 Å². The third kappa shape index (κ3) is 5.70. The molecule has 24 heavy (non-hydrogen) atoms. The number of hydrogen-bond acceptors (Lipinski definition) is 3. The Morgan fingerprint density at radius 1 is 1.12 bits per heavy atom. The van der Waals surface area contributed by atoms with Gasteiger partial charge in [-0.25, -0.2) is 0 Å². The summed E-state index contributed by atoms with van der Waals surface area (Å²) in [5.41, 5.74) is -1.64. The molecule has 0 aromatic heterocycles. The number of benzene rings is 1. The SMILES string of the molecule is O=C(COc1ccc(C(F)(F)F)cc1)NCC1(O)CCCCCC1. The largest absolute Gasteiger partial charge is 0.484 e. The molecule has 1 amide bonds. The Hall–Kier alpha value is -1.76. The van der Waals surface area contributed by atoms with Gasteiger partial charge in [-0.15, -0.1) is 0 Å². The van der Waals surface area contributed by atoms with E-state index in [2.05, 4.69) is 5.32 Å². The summed E-state index contributed by atoms with van der Waals surface area (Å²) in [5.74, 6) is -0.223. The van der Waals surface area contributed by atoms with Crippen LogP contribution in [0.25, 0.3) is 0 Å². The number of amides is 1. The number of ether oxygens (including phenoxy) is 1. The fourth-order valence-corrected chi connectivity index (χ4v) is 2.77. The molecule has 134 valence electrons. The molecule has 1 aromatic rings. The summed E-state index contributed by atoms with van der Waals surface area (Å²) in [4.78, 5) is 11.8. The average Bonchev–Trinajstić information content (AvgIpc) is 2.76. The quantitative estimate of drug-likeness (QED) is 0.805. The summed E-state index contributed by atoms with van der Waals surface area (Å²) < 4.78 is 42.5. The highest BCUT2D eigenvalue weighted by Gasteiger charge is 2.30. The highest BCUT2D eigenvalue weighted by atomic mass is 19.4. The Kier molecular flexibility index (Phi) is 6.10. The Balaban J connectivity index is 1.76. The van der Waals surface area contributed by atoms with Crippen LogP contribution >= 0.6 is 0 Å². The third-order valence-electron chi connectivity index (χ3n) is 4.20. The van der Waals surface area contributed by atoms with Gasteiger partial charge in [0.15, 0.2) is 6.61 Å². The minimum absolute atomic E-state index is 0.169. The maximum absolute atomic E-state index is 12.4. The first-order valence-corrected chi connectivity index (χ1v) is 8.08. The zero-order chi connectivity index (χ0) is 17.6. The molecular weight excluding hydrogens is 323 g/mol. The molecule has 1 aliphatic carbocycles. The van der Waals surface area contributed by atoms with E-state index in [1.54, 1.807) is 0 Å². The van der Waals surface area contributed by atoms with Crippen molar-refractivity contribution in [1.82, 2.24) is 5.32 Å². The smallest absolute Gasteiger partial charge is 0.416 e. The van der Waals surface area contributed by atoms with Gasteiger partial charge < -0.3 is 15.2 Å². The Bertz CT molecular complexity index is 535. The van der Waals surface area contributed by atoms with Gasteiger partial charge in [-0.3, -0.25) is 4.79 Å². The topological polar surface area (TPSA) is 58.6 Å². The third-order valence-corrected chi connectivity index (χ3v) is 4.20. The molecule has 2 rings (SSSR count). The van der Waals surface area contributed by atoms with Gasteiger partial charge in [-0.05, 0) is 37.1 Å². The van der Waals surface area contributed by atoms with E-state index in [4.69, 9.17) is 4.74 Å². The molecule has 7 heteroatoms. The van der Waals surface area contributed by atoms with Gasteiger partial charge in [0.2, 0.25) is 0 Å². The van der Waals surface area contributed by atoms with Crippen molar-refractivity contribution in [2.45, 2.75) is 50.3 Å². The molecule has 0 heterocycles. The normalized spacial score (nSPS) is 17.8. The first kappa shape index (κ1) is 18.6. The van der Waals surface area contributed by atoms with Crippen molar-refractivity contribution in [3.63, 3.8) is 0 Å². The van der Waals surface area contributed by atoms with E-state index in [0.717, 1.165) is 37.8 Å². The van der Waals surface area contributed by atoms with Crippen molar-refractivity contribution in [2.75, 3.05) is 13.2 Å². The summed E-state index contributed by atoms with van der Waals surface area (Å²) in [6.45, 7) is -0.135. The number of carbonyl (C=O) groups is 1. The number of halogens is 3. The molecule has 2 N–H and O–H groups in total. The number of rotatable bonds is 5. The molecule has 1 fully saturated rings. The number of aliphatic hydroxyl groups is 1. The molecule has 0 atom stereocenters. The average molecular weight is 345 g/mol. The monoisotopic (exact) mass is 345 g/mol. The van der Waals surface area contributed by atoms with Crippen LogP contribution < -0.4 is 10.1 Å². The summed E-state index contributed by atoms with van der Waals surface area (Å²) in [5, 5.41) is 13.1. The van der Waals surface area contributed by atoms with E-state index in [1.165, 1.54) is 12.1 Å². The predicted octanol–water partition coefficient (Wildman–Crippen LogP) is 3.29. The minimum atomic E-state index is -4.40. The molecule has 0 unspecified atom stereocenters. The molecule has 1 aromatic carbocycles. The first-order valence-electron chi connectivity index (χ1n) is 8.08. The van der Waals surface area contributed by atoms with Gasteiger partial charge in [-0.1, -0.05) is 25.7 Å². The Morgan fingerprint density at radius 2 is 1.71 bits per heavy atom. The first-order chi connectivity index (χ1) is 11.3. The number of hydrogen-bond donors (Lipinski definition) is 2. The van der Waals surface area contributed by atoms with E-state index in [0.29, 0.717) is 12.8 Å². The second-order valence-corrected chi connectivity index (χ2v) is 6.23. The molecule has 0 radical (unpaired) electrons. The predicted molar refractivity (Wildman–Crippen MR) is 82.6 cm³/mol. The molecule has 0 saturated heterocycles. The van der Waals surface area contributed by atoms with Crippen LogP contribution in [0.2, 0.25) is 0 Å². The van der Waals surface area contributed by atoms with Gasteiger partial charge >= 0.3 is 6.18 Å². The van der Waals surface area contributed by atoms with Crippen LogP contribution in [0.4, 0.5) is 13.2 Å². The number of nitrogens with one attached hydrogen (secondary N) is 1. The van der Waals surface area contributed by atoms with Crippen molar-refractivity contribution in [2.24, 2.45) is 0 Å². The lowest BCUT2D eigenvalue weighted by Crippen LogP contribution is -2.44. The fraction of sp³-hybridized carbons (Fsp3) is 0.588. The molecule has 0 aliphatic heterocycles. The lowest BCUT2D eigenvalue weighted by atomic mass is 9.94. The van der Waals surface area contributed by atoms with Crippen LogP contribution in [0, 0.1) is 0 Å². The van der Waals surface area contributed by atoms with Crippen molar-refractivity contribution < 1.29 is 27.8 Å². The van der Waals surface area contributed by atoms with Crippen molar-refractivity contribution in [3.8, 4) is 5.75 Å². The van der Waals surface area contributed by atoms with Crippen LogP contribution in [0.5, 0.6) is 5.75 Å². The maximum atomic E-state index is 12.4. The van der Waals surface area contributed by atoms with Crippen molar-refractivity contribution >= 4 is 5.91 Å². The summed E-state index contributed by atoms with van der Waals surface area (Å²) >= 11 is 0. The number of carbonyl (C=O) groups excluding carboxylic acids is 1. The van der Waals surface area contributed by atoms with Crippen molar-refractivity contribution in [3.05, 3.63) is 29.8 Å². The number of alkyl halides is 3. The lowest BCUT2D eigenvalue weighted by Gasteiger charge is -2.26. The summed E-state index contributed by atoms with van der Waals surface area (Å²) in [6.07, 6.45) is 0.980. The van der Waals surface area contributed by atoms with Crippen LogP contribution in [0.1, 0.15) is 44.1 Å². The lowest BCUT2D eigenvalue weighted by molar-refractivity contribution is -0.137. The zero-order valence-electron chi connectivity index (χ0n) is 13.4. The molecule has 1 aliphatic rings. The fourth-order valence-electron chi connectivity index (χ4n) is 2.77. The van der Waals surface area contributed by atoms with Gasteiger partial charge in [0.1, 0.15) is 5.75 Å². The van der Waals surface area contributed by atoms with Crippen LogP contribution in [-0.4, -0.2) is 29.8 Å². The Morgan fingerprint density at radius 3 is 2.25 bits per heavy atom. The van der Waals surface area contributed by atoms with E-state index >= 15 is 0 Å². The summed E-state index contributed by atoms with van der Waals surface area (Å²) in [7, 11) is 0. The molecule has 4 nitrogen and oxygen atoms in total. The van der Waals surface area contributed by atoms with Crippen LogP contribution in [0.15, 0.2) is 24.3 Å². The van der Waals surface area contributed by atoms with Crippen LogP contribution in [-0.2, 0) is 11.0 Å². The molecule has 0 spiro atoms. The highest BCUT2D eigenvalue weighted by Crippen LogP contribution is 2.30. The van der Waals surface area contributed by atoms with E-state index in [9.17, 15) is 23.1 Å². The second-order valence-electron chi connectivity index (χ2n) is 6.23. The van der Waals surface area contributed by atoms with Crippen molar-refractivity contribution in [1.29, 1.82) is 0 Å².